The first-order valence-corrected chi connectivity index (χ1v) is 10.5. The molecule has 2 aliphatic heterocycles. The van der Waals surface area contributed by atoms with E-state index in [-0.39, 0.29) is 11.8 Å². The summed E-state index contributed by atoms with van der Waals surface area (Å²) in [7, 11) is 0. The zero-order valence-corrected chi connectivity index (χ0v) is 17.6. The summed E-state index contributed by atoms with van der Waals surface area (Å²) < 4.78 is 11.2. The second-order valence-corrected chi connectivity index (χ2v) is 7.62. The Kier molecular flexibility index (Phi) is 6.28. The predicted octanol–water partition coefficient (Wildman–Crippen LogP) is 3.29. The molecule has 0 radical (unpaired) electrons. The van der Waals surface area contributed by atoms with Crippen LogP contribution < -0.4 is 25.4 Å². The summed E-state index contributed by atoms with van der Waals surface area (Å²) in [5.41, 5.74) is 2.95. The average molecular weight is 429 g/mol. The highest BCUT2D eigenvalue weighted by molar-refractivity contribution is 6.32. The molecule has 1 atom stereocenters. The number of anilines is 1. The van der Waals surface area contributed by atoms with Gasteiger partial charge < -0.3 is 25.4 Å². The van der Waals surface area contributed by atoms with Crippen LogP contribution in [0.1, 0.15) is 30.4 Å². The van der Waals surface area contributed by atoms with Gasteiger partial charge in [0.25, 0.3) is 0 Å². The van der Waals surface area contributed by atoms with Gasteiger partial charge >= 0.3 is 0 Å². The molecule has 158 valence electrons. The van der Waals surface area contributed by atoms with Crippen LogP contribution in [0.4, 0.5) is 5.69 Å². The van der Waals surface area contributed by atoms with Crippen molar-refractivity contribution in [3.8, 4) is 11.5 Å². The molecule has 8 heteroatoms. The number of rotatable bonds is 5. The topological polar surface area (TPSA) is 84.0 Å². The minimum Gasteiger partial charge on any atom is -0.486 e. The van der Waals surface area contributed by atoms with Crippen molar-refractivity contribution in [2.75, 3.05) is 31.6 Å². The lowest BCUT2D eigenvalue weighted by Gasteiger charge is -2.26. The summed E-state index contributed by atoms with van der Waals surface area (Å²) in [6, 6.07) is 11.7. The van der Waals surface area contributed by atoms with Crippen molar-refractivity contribution in [2.45, 2.75) is 25.8 Å². The molecule has 2 heterocycles. The lowest BCUT2D eigenvalue weighted by molar-refractivity contribution is -0.116. The van der Waals surface area contributed by atoms with E-state index in [0.29, 0.717) is 55.2 Å². The smallest absolute Gasteiger partial charge is 0.225 e. The van der Waals surface area contributed by atoms with Crippen molar-refractivity contribution < 1.29 is 14.3 Å². The van der Waals surface area contributed by atoms with Crippen LogP contribution in [-0.2, 0) is 11.3 Å². The Labute approximate surface area is 180 Å². The Hall–Kier alpha value is -2.93. The summed E-state index contributed by atoms with van der Waals surface area (Å²) >= 11 is 6.33. The number of hydrogen-bond acceptors (Lipinski definition) is 4. The van der Waals surface area contributed by atoms with Crippen molar-refractivity contribution in [1.29, 1.82) is 0 Å². The number of ether oxygens (including phenoxy) is 2. The van der Waals surface area contributed by atoms with Crippen LogP contribution in [0.3, 0.4) is 0 Å². The predicted molar refractivity (Wildman–Crippen MR) is 118 cm³/mol. The Morgan fingerprint density at radius 2 is 2.07 bits per heavy atom. The first-order chi connectivity index (χ1) is 14.6. The molecular weight excluding hydrogens is 404 g/mol. The first kappa shape index (κ1) is 20.3. The van der Waals surface area contributed by atoms with E-state index < -0.39 is 0 Å². The third-order valence-corrected chi connectivity index (χ3v) is 5.32. The molecule has 4 rings (SSSR count). The molecule has 2 aliphatic rings. The molecule has 1 unspecified atom stereocenters. The van der Waals surface area contributed by atoms with Gasteiger partial charge in [0.2, 0.25) is 5.91 Å². The average Bonchev–Trinajstić information content (AvgIpc) is 2.75. The Morgan fingerprint density at radius 1 is 1.23 bits per heavy atom. The van der Waals surface area contributed by atoms with E-state index in [1.54, 1.807) is 0 Å². The third kappa shape index (κ3) is 4.62. The number of carbonyl (C=O) groups is 1. The second-order valence-electron chi connectivity index (χ2n) is 7.21. The van der Waals surface area contributed by atoms with Crippen molar-refractivity contribution in [1.82, 2.24) is 10.6 Å². The van der Waals surface area contributed by atoms with E-state index in [1.165, 1.54) is 0 Å². The Balaban J connectivity index is 1.45. The molecule has 0 fully saturated rings. The van der Waals surface area contributed by atoms with Gasteiger partial charge in [-0.05, 0) is 36.2 Å². The molecule has 0 bridgehead atoms. The van der Waals surface area contributed by atoms with Crippen LogP contribution >= 0.6 is 11.6 Å². The number of aliphatic imine (C=N–C) groups is 1. The lowest BCUT2D eigenvalue weighted by Crippen LogP contribution is -2.40. The fraction of sp³-hybridized carbons (Fsp3) is 0.364. The number of amides is 1. The molecule has 0 spiro atoms. The molecular formula is C22H25ClN4O3. The standard InChI is InChI=1S/C22H25ClN4O3/c1-2-24-22(25-12-14-9-17(23)21-19(10-14)29-7-8-30-21)26-13-15-11-20(28)27-18-6-4-3-5-16(15)18/h3-6,9-10,15H,2,7-8,11-13H2,1H3,(H,27,28)(H2,24,25,26). The molecule has 30 heavy (non-hydrogen) atoms. The van der Waals surface area contributed by atoms with E-state index in [2.05, 4.69) is 27.0 Å². The number of guanidine groups is 1. The number of nitrogens with one attached hydrogen (secondary N) is 3. The van der Waals surface area contributed by atoms with Crippen LogP contribution in [-0.4, -0.2) is 38.2 Å². The van der Waals surface area contributed by atoms with Crippen LogP contribution in [0.25, 0.3) is 0 Å². The fourth-order valence-corrected chi connectivity index (χ4v) is 3.96. The summed E-state index contributed by atoms with van der Waals surface area (Å²) in [6.07, 6.45) is 0.446. The van der Waals surface area contributed by atoms with E-state index in [9.17, 15) is 4.79 Å². The number of para-hydroxylation sites is 1. The molecule has 0 aromatic heterocycles. The van der Waals surface area contributed by atoms with Crippen LogP contribution in [0.5, 0.6) is 11.5 Å². The van der Waals surface area contributed by atoms with Crippen LogP contribution in [0, 0.1) is 0 Å². The maximum atomic E-state index is 12.0. The highest BCUT2D eigenvalue weighted by Crippen LogP contribution is 2.38. The summed E-state index contributed by atoms with van der Waals surface area (Å²) in [4.78, 5) is 16.7. The minimum atomic E-state index is 0.0355. The Bertz CT molecular complexity index is 963. The van der Waals surface area contributed by atoms with Crippen LogP contribution in [0.2, 0.25) is 5.02 Å². The second kappa shape index (κ2) is 9.26. The van der Waals surface area contributed by atoms with Gasteiger partial charge in [0.05, 0.1) is 11.6 Å². The van der Waals surface area contributed by atoms with Crippen molar-refractivity contribution >= 4 is 29.2 Å². The van der Waals surface area contributed by atoms with Crippen molar-refractivity contribution in [2.24, 2.45) is 4.99 Å². The van der Waals surface area contributed by atoms with Gasteiger partial charge in [-0.1, -0.05) is 29.8 Å². The number of nitrogens with zero attached hydrogens (tertiary/aromatic N) is 1. The SMILES string of the molecule is CCNC(=NCc1cc(Cl)c2c(c1)OCCO2)NCC1CC(=O)Nc2ccccc21. The van der Waals surface area contributed by atoms with Gasteiger partial charge in [-0.15, -0.1) is 0 Å². The van der Waals surface area contributed by atoms with Gasteiger partial charge in [-0.3, -0.25) is 4.79 Å². The molecule has 3 N–H and O–H groups in total. The minimum absolute atomic E-state index is 0.0355. The monoisotopic (exact) mass is 428 g/mol. The quantitative estimate of drug-likeness (QED) is 0.502. The molecule has 2 aromatic rings. The maximum Gasteiger partial charge on any atom is 0.225 e. The highest BCUT2D eigenvalue weighted by Gasteiger charge is 2.24. The van der Waals surface area contributed by atoms with Gasteiger partial charge in [-0.25, -0.2) is 4.99 Å². The summed E-state index contributed by atoms with van der Waals surface area (Å²) in [6.45, 7) is 4.81. The molecule has 7 nitrogen and oxygen atoms in total. The lowest BCUT2D eigenvalue weighted by atomic mass is 9.90. The van der Waals surface area contributed by atoms with Gasteiger partial charge in [0, 0.05) is 31.1 Å². The number of halogens is 1. The summed E-state index contributed by atoms with van der Waals surface area (Å²) in [5, 5.41) is 10.1. The molecule has 2 aromatic carbocycles. The van der Waals surface area contributed by atoms with E-state index >= 15 is 0 Å². The molecule has 0 saturated heterocycles. The van der Waals surface area contributed by atoms with E-state index in [4.69, 9.17) is 21.1 Å². The molecule has 1 amide bonds. The van der Waals surface area contributed by atoms with Gasteiger partial charge in [0.15, 0.2) is 17.5 Å². The number of fused-ring (bicyclic) bond motifs is 2. The molecule has 0 saturated carbocycles. The Morgan fingerprint density at radius 3 is 2.93 bits per heavy atom. The first-order valence-electron chi connectivity index (χ1n) is 10.1. The van der Waals surface area contributed by atoms with Gasteiger partial charge in [-0.2, -0.15) is 0 Å². The molecule has 0 aliphatic carbocycles. The largest absolute Gasteiger partial charge is 0.486 e. The number of carbonyl (C=O) groups excluding carboxylic acids is 1. The maximum absolute atomic E-state index is 12.0. The highest BCUT2D eigenvalue weighted by atomic mass is 35.5. The fourth-order valence-electron chi connectivity index (χ4n) is 3.67. The van der Waals surface area contributed by atoms with E-state index in [1.807, 2.05) is 37.3 Å². The third-order valence-electron chi connectivity index (χ3n) is 5.04. The van der Waals surface area contributed by atoms with E-state index in [0.717, 1.165) is 23.4 Å². The van der Waals surface area contributed by atoms with Gasteiger partial charge in [0.1, 0.15) is 13.2 Å². The van der Waals surface area contributed by atoms with Crippen molar-refractivity contribution in [3.05, 3.63) is 52.5 Å². The zero-order valence-electron chi connectivity index (χ0n) is 16.8. The summed E-state index contributed by atoms with van der Waals surface area (Å²) in [5.74, 6) is 2.06. The number of benzene rings is 2. The normalized spacial score (nSPS) is 17.7. The zero-order chi connectivity index (χ0) is 20.9. The van der Waals surface area contributed by atoms with Crippen molar-refractivity contribution in [3.63, 3.8) is 0 Å². The number of hydrogen-bond donors (Lipinski definition) is 3. The van der Waals surface area contributed by atoms with Crippen LogP contribution in [0.15, 0.2) is 41.4 Å².